The van der Waals surface area contributed by atoms with E-state index in [0.29, 0.717) is 19.8 Å². The van der Waals surface area contributed by atoms with Crippen molar-refractivity contribution in [3.8, 4) is 0 Å². The quantitative estimate of drug-likeness (QED) is 0.772. The zero-order valence-electron chi connectivity index (χ0n) is 13.1. The Morgan fingerprint density at radius 1 is 1.14 bits per heavy atom. The maximum Gasteiger partial charge on any atom is 0.514 e. The third-order valence-corrected chi connectivity index (χ3v) is 4.51. The Kier molecular flexibility index (Phi) is 3.82. The van der Waals surface area contributed by atoms with Gasteiger partial charge in [-0.3, -0.25) is 4.98 Å². The minimum absolute atomic E-state index is 0.110. The molecular weight excluding hydrogens is 269 g/mol. The van der Waals surface area contributed by atoms with Gasteiger partial charge in [0.15, 0.2) is 0 Å². The molecule has 2 aliphatic rings. The van der Waals surface area contributed by atoms with Gasteiger partial charge in [-0.2, -0.15) is 0 Å². The molecule has 21 heavy (non-hydrogen) atoms. The number of ether oxygens (including phenoxy) is 2. The number of pyridine rings is 1. The van der Waals surface area contributed by atoms with Gasteiger partial charge in [0, 0.05) is 11.8 Å². The zero-order chi connectivity index (χ0) is 15.1. The van der Waals surface area contributed by atoms with Crippen molar-refractivity contribution in [3.63, 3.8) is 0 Å². The van der Waals surface area contributed by atoms with Crippen LogP contribution in [0.25, 0.3) is 0 Å². The Bertz CT molecular complexity index is 498. The SMILES string of the molecule is CC1(C)OB(c2ncccc2C2COCCO2)OC1(C)C. The average molecular weight is 291 g/mol. The molecule has 0 saturated carbocycles. The van der Waals surface area contributed by atoms with Gasteiger partial charge in [0.1, 0.15) is 6.10 Å². The molecule has 3 rings (SSSR count). The second-order valence-electron chi connectivity index (χ2n) is 6.50. The first-order valence-electron chi connectivity index (χ1n) is 7.40. The maximum absolute atomic E-state index is 6.10. The molecule has 0 radical (unpaired) electrons. The van der Waals surface area contributed by atoms with Gasteiger partial charge in [0.2, 0.25) is 0 Å². The van der Waals surface area contributed by atoms with E-state index in [2.05, 4.69) is 4.98 Å². The zero-order valence-corrected chi connectivity index (χ0v) is 13.1. The predicted octanol–water partition coefficient (Wildman–Crippen LogP) is 1.47. The molecule has 5 nitrogen and oxygen atoms in total. The van der Waals surface area contributed by atoms with E-state index in [4.69, 9.17) is 18.8 Å². The van der Waals surface area contributed by atoms with Crippen LogP contribution in [0.5, 0.6) is 0 Å². The van der Waals surface area contributed by atoms with Gasteiger partial charge in [-0.25, -0.2) is 0 Å². The third kappa shape index (κ3) is 2.73. The Morgan fingerprint density at radius 3 is 2.48 bits per heavy atom. The van der Waals surface area contributed by atoms with Crippen molar-refractivity contribution in [1.29, 1.82) is 0 Å². The molecule has 1 aromatic heterocycles. The highest BCUT2D eigenvalue weighted by Crippen LogP contribution is 2.37. The van der Waals surface area contributed by atoms with Gasteiger partial charge >= 0.3 is 7.12 Å². The normalized spacial score (nSPS) is 27.8. The summed E-state index contributed by atoms with van der Waals surface area (Å²) in [5.74, 6) is 0. The van der Waals surface area contributed by atoms with Crippen LogP contribution in [0.3, 0.4) is 0 Å². The van der Waals surface area contributed by atoms with E-state index in [-0.39, 0.29) is 17.3 Å². The highest BCUT2D eigenvalue weighted by atomic mass is 16.7. The van der Waals surface area contributed by atoms with Crippen molar-refractivity contribution in [2.75, 3.05) is 19.8 Å². The topological polar surface area (TPSA) is 49.8 Å². The molecule has 0 N–H and O–H groups in total. The fourth-order valence-electron chi connectivity index (χ4n) is 2.52. The first kappa shape index (κ1) is 15.0. The molecule has 1 unspecified atom stereocenters. The van der Waals surface area contributed by atoms with E-state index in [9.17, 15) is 0 Å². The summed E-state index contributed by atoms with van der Waals surface area (Å²) < 4.78 is 23.5. The van der Waals surface area contributed by atoms with Crippen molar-refractivity contribution in [3.05, 3.63) is 23.9 Å². The van der Waals surface area contributed by atoms with E-state index in [0.717, 1.165) is 11.2 Å². The molecule has 0 amide bonds. The first-order chi connectivity index (χ1) is 9.91. The summed E-state index contributed by atoms with van der Waals surface area (Å²) in [6.45, 7) is 9.93. The fraction of sp³-hybridized carbons (Fsp3) is 0.667. The average Bonchev–Trinajstić information content (AvgIpc) is 2.68. The Morgan fingerprint density at radius 2 is 1.86 bits per heavy atom. The molecular formula is C15H22BNO4. The monoisotopic (exact) mass is 291 g/mol. The highest BCUT2D eigenvalue weighted by molar-refractivity contribution is 6.61. The van der Waals surface area contributed by atoms with Crippen molar-refractivity contribution in [1.82, 2.24) is 4.98 Å². The Labute approximate surface area is 126 Å². The highest BCUT2D eigenvalue weighted by Gasteiger charge is 2.53. The summed E-state index contributed by atoms with van der Waals surface area (Å²) in [7, 11) is -0.475. The standard InChI is InChI=1S/C15H22BNO4/c1-14(2)15(3,4)21-16(20-14)13-11(6-5-7-17-13)12-10-18-8-9-19-12/h5-7,12H,8-10H2,1-4H3. The van der Waals surface area contributed by atoms with Crippen LogP contribution in [0.15, 0.2) is 18.3 Å². The molecule has 2 fully saturated rings. The Balaban J connectivity index is 1.89. The number of hydrogen-bond donors (Lipinski definition) is 0. The molecule has 0 bridgehead atoms. The smallest absolute Gasteiger partial charge is 0.398 e. The van der Waals surface area contributed by atoms with Crippen LogP contribution in [0.2, 0.25) is 0 Å². The molecule has 0 aromatic carbocycles. The number of rotatable bonds is 2. The van der Waals surface area contributed by atoms with Gasteiger partial charge in [-0.15, -0.1) is 0 Å². The van der Waals surface area contributed by atoms with E-state index < -0.39 is 7.12 Å². The lowest BCUT2D eigenvalue weighted by atomic mass is 9.79. The third-order valence-electron chi connectivity index (χ3n) is 4.51. The molecule has 3 heterocycles. The molecule has 2 saturated heterocycles. The largest absolute Gasteiger partial charge is 0.514 e. The first-order valence-corrected chi connectivity index (χ1v) is 7.40. The summed E-state index contributed by atoms with van der Waals surface area (Å²) in [5.41, 5.74) is 1.01. The molecule has 2 aliphatic heterocycles. The van der Waals surface area contributed by atoms with Crippen LogP contribution in [0, 0.1) is 0 Å². The second-order valence-corrected chi connectivity index (χ2v) is 6.50. The van der Waals surface area contributed by atoms with Crippen LogP contribution < -0.4 is 5.59 Å². The second kappa shape index (κ2) is 5.36. The fourth-order valence-corrected chi connectivity index (χ4v) is 2.52. The van der Waals surface area contributed by atoms with Gasteiger partial charge in [-0.05, 0) is 33.8 Å². The molecule has 1 aromatic rings. The van der Waals surface area contributed by atoms with Crippen molar-refractivity contribution < 1.29 is 18.8 Å². The molecule has 0 spiro atoms. The van der Waals surface area contributed by atoms with Crippen LogP contribution in [0.4, 0.5) is 0 Å². The van der Waals surface area contributed by atoms with E-state index in [1.165, 1.54) is 0 Å². The summed E-state index contributed by atoms with van der Waals surface area (Å²) in [6, 6.07) is 3.91. The minimum Gasteiger partial charge on any atom is -0.398 e. The molecule has 114 valence electrons. The van der Waals surface area contributed by atoms with Gasteiger partial charge in [-0.1, -0.05) is 6.07 Å². The summed E-state index contributed by atoms with van der Waals surface area (Å²) >= 11 is 0. The Hall–Kier alpha value is -0.945. The molecule has 1 atom stereocenters. The molecule has 6 heteroatoms. The number of hydrogen-bond acceptors (Lipinski definition) is 5. The lowest BCUT2D eigenvalue weighted by Crippen LogP contribution is -2.41. The minimum atomic E-state index is -0.475. The van der Waals surface area contributed by atoms with Crippen molar-refractivity contribution in [2.24, 2.45) is 0 Å². The van der Waals surface area contributed by atoms with Crippen molar-refractivity contribution in [2.45, 2.75) is 45.0 Å². The maximum atomic E-state index is 6.10. The summed E-state index contributed by atoms with van der Waals surface area (Å²) in [5, 5.41) is 0. The van der Waals surface area contributed by atoms with Gasteiger partial charge in [0.05, 0.1) is 36.6 Å². The van der Waals surface area contributed by atoms with Crippen LogP contribution in [-0.2, 0) is 18.8 Å². The van der Waals surface area contributed by atoms with E-state index in [1.807, 2.05) is 39.8 Å². The predicted molar refractivity (Wildman–Crippen MR) is 79.5 cm³/mol. The van der Waals surface area contributed by atoms with E-state index >= 15 is 0 Å². The van der Waals surface area contributed by atoms with Crippen LogP contribution in [-0.4, -0.2) is 43.1 Å². The van der Waals surface area contributed by atoms with Crippen molar-refractivity contribution >= 4 is 12.7 Å². The van der Waals surface area contributed by atoms with Gasteiger partial charge < -0.3 is 18.8 Å². The molecule has 0 aliphatic carbocycles. The van der Waals surface area contributed by atoms with Crippen LogP contribution >= 0.6 is 0 Å². The lowest BCUT2D eigenvalue weighted by molar-refractivity contribution is -0.0899. The number of aromatic nitrogens is 1. The summed E-state index contributed by atoms with van der Waals surface area (Å²) in [6.07, 6.45) is 1.65. The summed E-state index contributed by atoms with van der Waals surface area (Å²) in [4.78, 5) is 4.48. The lowest BCUT2D eigenvalue weighted by Gasteiger charge is -2.32. The van der Waals surface area contributed by atoms with E-state index in [1.54, 1.807) is 6.20 Å². The number of nitrogens with zero attached hydrogens (tertiary/aromatic N) is 1. The van der Waals surface area contributed by atoms with Crippen LogP contribution in [0.1, 0.15) is 39.4 Å². The van der Waals surface area contributed by atoms with Gasteiger partial charge in [0.25, 0.3) is 0 Å².